The predicted molar refractivity (Wildman–Crippen MR) is 417 cm³/mol. The predicted octanol–water partition coefficient (Wildman–Crippen LogP) is 22.2. The van der Waals surface area contributed by atoms with Crippen LogP contribution in [0.4, 0.5) is 0 Å². The van der Waals surface area contributed by atoms with Gasteiger partial charge in [-0.05, 0) is 154 Å². The van der Waals surface area contributed by atoms with Gasteiger partial charge in [0.25, 0.3) is 0 Å². The van der Waals surface area contributed by atoms with Crippen LogP contribution < -0.4 is 0 Å². The molecule has 0 aromatic carbocycles. The van der Waals surface area contributed by atoms with Crippen LogP contribution in [0.15, 0.2) is 170 Å². The van der Waals surface area contributed by atoms with Gasteiger partial charge in [-0.3, -0.25) is 37.3 Å². The van der Waals surface area contributed by atoms with Crippen LogP contribution in [-0.4, -0.2) is 96.7 Å². The lowest BCUT2D eigenvalue weighted by molar-refractivity contribution is -0.161. The standard InChI is InChI=1S/C83H134O17P2/c1-5-9-13-17-21-25-29-33-37-38-42-44-48-52-56-60-64-68-81(86)94-74-79(100-83(88)70-66-62-58-54-50-46-41-36-32-28-24-20-16-12-8-4)76-98-102(91,92)96-72-77(84)71-95-101(89,90)97-75-78(99-82(87)69-65-61-57-53-49-45-40-35-31-27-23-19-15-11-7-3)73-93-80(85)67-63-59-55-51-47-43-39-34-30-26-22-18-14-10-6-2/h9-10,12-14,16,21-28,33-37,39-41,47,50-51,54,62,66,77-79,84H,5-8,11,15,17-20,29-32,38,42-46,48-49,52-53,55-61,63-65,67-76H2,1-4H3,(H,89,90)(H,91,92)/b13-9-,14-10-,16-12-,25-21-,26-22-,27-23-,28-24-,37-33-,39-34-,40-35-,41-36-,51-47-,54-50-,66-62-. The van der Waals surface area contributed by atoms with E-state index in [0.717, 1.165) is 173 Å². The first-order valence-electron chi connectivity index (χ1n) is 38.4. The third-order valence-corrected chi connectivity index (χ3v) is 17.1. The van der Waals surface area contributed by atoms with Gasteiger partial charge < -0.3 is 33.8 Å². The van der Waals surface area contributed by atoms with Crippen molar-refractivity contribution in [3.63, 3.8) is 0 Å². The number of phosphoric ester groups is 2. The molecule has 0 saturated carbocycles. The van der Waals surface area contributed by atoms with Gasteiger partial charge in [-0.25, -0.2) is 9.13 Å². The molecule has 0 amide bonds. The Morgan fingerprint density at radius 3 is 0.892 bits per heavy atom. The Morgan fingerprint density at radius 1 is 0.294 bits per heavy atom. The highest BCUT2D eigenvalue weighted by Gasteiger charge is 2.30. The second-order valence-corrected chi connectivity index (χ2v) is 27.7. The van der Waals surface area contributed by atoms with Crippen LogP contribution in [0.5, 0.6) is 0 Å². The number of phosphoric acid groups is 2. The highest BCUT2D eigenvalue weighted by atomic mass is 31.2. The Kier molecular flexibility index (Phi) is 69.7. The van der Waals surface area contributed by atoms with E-state index in [-0.39, 0.29) is 25.7 Å². The summed E-state index contributed by atoms with van der Waals surface area (Å²) in [5.74, 6) is -2.41. The smallest absolute Gasteiger partial charge is 0.462 e. The molecule has 0 heterocycles. The van der Waals surface area contributed by atoms with Crippen LogP contribution in [0.1, 0.15) is 272 Å². The van der Waals surface area contributed by atoms with Crippen molar-refractivity contribution < 1.29 is 80.2 Å². The SMILES string of the molecule is CC/C=C\C/C=C\C/C=C\C/C=C\C/C=C\CC(=O)OC(COC(=O)CCCCCCCCC/C=C\C/C=C\C/C=C\CC)COP(=O)(O)OCC(O)COP(=O)(O)OCC(COC(=O)CCCC/C=C\C/C=C\C/C=C\C/C=C\CC)OC(=O)CCCCCCC/C=C\C/C=C\CCCCC. The first-order chi connectivity index (χ1) is 49.7. The molecule has 5 atom stereocenters. The van der Waals surface area contributed by atoms with Crippen molar-refractivity contribution in [1.82, 2.24) is 0 Å². The van der Waals surface area contributed by atoms with E-state index in [1.54, 1.807) is 12.2 Å². The van der Waals surface area contributed by atoms with Gasteiger partial charge in [0.05, 0.1) is 32.8 Å². The third-order valence-electron chi connectivity index (χ3n) is 15.2. The molecule has 5 unspecified atom stereocenters. The molecule has 0 aliphatic heterocycles. The number of hydrogen-bond acceptors (Lipinski definition) is 15. The fraction of sp³-hybridized carbons (Fsp3) is 0.614. The molecule has 17 nitrogen and oxygen atoms in total. The number of aliphatic hydroxyl groups excluding tert-OH is 1. The molecule has 0 radical (unpaired) electrons. The average Bonchev–Trinajstić information content (AvgIpc) is 0.919. The zero-order chi connectivity index (χ0) is 74.6. The van der Waals surface area contributed by atoms with E-state index < -0.39 is 97.5 Å². The molecule has 3 N–H and O–H groups in total. The molecule has 0 bridgehead atoms. The highest BCUT2D eigenvalue weighted by Crippen LogP contribution is 2.45. The maximum atomic E-state index is 13.1. The minimum absolute atomic E-state index is 0.0615. The number of carbonyl (C=O) groups is 4. The zero-order valence-electron chi connectivity index (χ0n) is 63.0. The number of hydrogen-bond donors (Lipinski definition) is 3. The third kappa shape index (κ3) is 72.8. The van der Waals surface area contributed by atoms with Crippen molar-refractivity contribution in [2.75, 3.05) is 39.6 Å². The van der Waals surface area contributed by atoms with Gasteiger partial charge in [0, 0.05) is 19.3 Å². The topological polar surface area (TPSA) is 237 Å². The number of aliphatic hydroxyl groups is 1. The van der Waals surface area contributed by atoms with E-state index in [2.05, 4.69) is 174 Å². The van der Waals surface area contributed by atoms with Gasteiger partial charge in [-0.15, -0.1) is 0 Å². The lowest BCUT2D eigenvalue weighted by Crippen LogP contribution is -2.30. The van der Waals surface area contributed by atoms with Crippen LogP contribution in [0.3, 0.4) is 0 Å². The summed E-state index contributed by atoms with van der Waals surface area (Å²) >= 11 is 0. The molecule has 19 heteroatoms. The van der Waals surface area contributed by atoms with E-state index in [1.165, 1.54) is 19.3 Å². The average molecular weight is 1470 g/mol. The van der Waals surface area contributed by atoms with Crippen molar-refractivity contribution in [2.24, 2.45) is 0 Å². The maximum Gasteiger partial charge on any atom is 0.472 e. The summed E-state index contributed by atoms with van der Waals surface area (Å²) in [5, 5.41) is 10.6. The molecule has 102 heavy (non-hydrogen) atoms. The molecule has 0 aliphatic carbocycles. The summed E-state index contributed by atoms with van der Waals surface area (Å²) in [5.41, 5.74) is 0. The fourth-order valence-electron chi connectivity index (χ4n) is 9.45. The summed E-state index contributed by atoms with van der Waals surface area (Å²) in [6.07, 6.45) is 86.6. The molecule has 0 rings (SSSR count). The van der Waals surface area contributed by atoms with Crippen molar-refractivity contribution in [1.29, 1.82) is 0 Å². The number of unbranched alkanes of at least 4 members (excludes halogenated alkanes) is 17. The quantitative estimate of drug-likeness (QED) is 0.0169. The number of carbonyl (C=O) groups excluding carboxylic acids is 4. The van der Waals surface area contributed by atoms with Gasteiger partial charge in [0.15, 0.2) is 12.2 Å². The first kappa shape index (κ1) is 96.4. The monoisotopic (exact) mass is 1460 g/mol. The number of ether oxygens (including phenoxy) is 4. The van der Waals surface area contributed by atoms with E-state index >= 15 is 0 Å². The van der Waals surface area contributed by atoms with Gasteiger partial charge in [-0.1, -0.05) is 262 Å². The van der Waals surface area contributed by atoms with Crippen LogP contribution >= 0.6 is 15.6 Å². The van der Waals surface area contributed by atoms with E-state index in [9.17, 15) is 43.2 Å². The summed E-state index contributed by atoms with van der Waals surface area (Å²) < 4.78 is 68.3. The first-order valence-corrected chi connectivity index (χ1v) is 41.4. The molecular weight excluding hydrogens is 1330 g/mol. The number of rotatable bonds is 70. The van der Waals surface area contributed by atoms with Gasteiger partial charge >= 0.3 is 39.5 Å². The van der Waals surface area contributed by atoms with Crippen molar-refractivity contribution in [2.45, 2.75) is 290 Å². The van der Waals surface area contributed by atoms with E-state index in [4.69, 9.17) is 37.0 Å². The van der Waals surface area contributed by atoms with Gasteiger partial charge in [-0.2, -0.15) is 0 Å². The second-order valence-electron chi connectivity index (χ2n) is 24.8. The minimum atomic E-state index is -5.01. The molecule has 0 spiro atoms. The number of allylic oxidation sites excluding steroid dienone is 27. The maximum absolute atomic E-state index is 13.1. The Hall–Kier alpha value is -5.58. The Balaban J connectivity index is 5.49. The molecular formula is C83H134O17P2. The number of esters is 4. The summed E-state index contributed by atoms with van der Waals surface area (Å²) in [7, 11) is -10.0. The molecule has 578 valence electrons. The largest absolute Gasteiger partial charge is 0.472 e. The van der Waals surface area contributed by atoms with E-state index in [0.29, 0.717) is 25.7 Å². The molecule has 0 aromatic heterocycles. The normalized spacial score (nSPS) is 14.9. The Labute approximate surface area is 616 Å². The van der Waals surface area contributed by atoms with Gasteiger partial charge in [0.2, 0.25) is 0 Å². The molecule has 0 fully saturated rings. The van der Waals surface area contributed by atoms with E-state index in [1.807, 2.05) is 12.2 Å². The lowest BCUT2D eigenvalue weighted by atomic mass is 10.1. The molecule has 0 saturated heterocycles. The highest BCUT2D eigenvalue weighted by molar-refractivity contribution is 7.47. The Bertz CT molecular complexity index is 2600. The van der Waals surface area contributed by atoms with Crippen LogP contribution in [0, 0.1) is 0 Å². The lowest BCUT2D eigenvalue weighted by Gasteiger charge is -2.21. The summed E-state index contributed by atoms with van der Waals surface area (Å²) in [6.45, 7) is 4.29. The second kappa shape index (κ2) is 73.7. The van der Waals surface area contributed by atoms with Crippen LogP contribution in [0.25, 0.3) is 0 Å². The molecule has 0 aliphatic rings. The van der Waals surface area contributed by atoms with Crippen molar-refractivity contribution in [3.8, 4) is 0 Å². The Morgan fingerprint density at radius 2 is 0.549 bits per heavy atom. The summed E-state index contributed by atoms with van der Waals surface area (Å²) in [4.78, 5) is 72.8. The fourth-order valence-corrected chi connectivity index (χ4v) is 11.0. The summed E-state index contributed by atoms with van der Waals surface area (Å²) in [6, 6.07) is 0. The minimum Gasteiger partial charge on any atom is -0.462 e. The van der Waals surface area contributed by atoms with Crippen LogP contribution in [-0.2, 0) is 65.4 Å². The molecule has 0 aromatic rings. The van der Waals surface area contributed by atoms with Gasteiger partial charge in [0.1, 0.15) is 19.3 Å². The van der Waals surface area contributed by atoms with Crippen molar-refractivity contribution >= 4 is 39.5 Å². The van der Waals surface area contributed by atoms with Crippen LogP contribution in [0.2, 0.25) is 0 Å². The van der Waals surface area contributed by atoms with Crippen molar-refractivity contribution in [3.05, 3.63) is 170 Å². The zero-order valence-corrected chi connectivity index (χ0v) is 64.8.